The Balaban J connectivity index is 0.000000169. The minimum atomic E-state index is 0.421. The molecule has 3 rings (SSSR count). The van der Waals surface area contributed by atoms with Crippen molar-refractivity contribution in [1.82, 2.24) is 15.3 Å². The number of fused-ring (bicyclic) bond motifs is 1. The quantitative estimate of drug-likeness (QED) is 0.767. The Morgan fingerprint density at radius 1 is 1.39 bits per heavy atom. The molecule has 5 heteroatoms. The molecule has 1 fully saturated rings. The lowest BCUT2D eigenvalue weighted by Gasteiger charge is -1.97. The fourth-order valence-corrected chi connectivity index (χ4v) is 1.96. The monoisotopic (exact) mass is 264 g/mol. The minimum absolute atomic E-state index is 0.421. The van der Waals surface area contributed by atoms with Gasteiger partial charge >= 0.3 is 0 Å². The summed E-state index contributed by atoms with van der Waals surface area (Å²) in [7, 11) is 0. The van der Waals surface area contributed by atoms with Crippen molar-refractivity contribution in [2.24, 2.45) is 5.92 Å². The van der Waals surface area contributed by atoms with Gasteiger partial charge in [-0.1, -0.05) is 18.5 Å². The molecule has 4 nitrogen and oxygen atoms in total. The van der Waals surface area contributed by atoms with Gasteiger partial charge in [-0.2, -0.15) is 0 Å². The van der Waals surface area contributed by atoms with Crippen LogP contribution in [0, 0.1) is 5.92 Å². The molecule has 0 amide bonds. The van der Waals surface area contributed by atoms with Crippen LogP contribution in [-0.4, -0.2) is 23.1 Å². The van der Waals surface area contributed by atoms with Crippen LogP contribution in [-0.2, 0) is 0 Å². The van der Waals surface area contributed by atoms with Crippen LogP contribution in [0.25, 0.3) is 11.0 Å². The normalized spacial score (nSPS) is 18.4. The number of nitrogen functional groups attached to an aromatic ring is 1. The van der Waals surface area contributed by atoms with Crippen molar-refractivity contribution < 1.29 is 0 Å². The fourth-order valence-electron chi connectivity index (χ4n) is 1.80. The zero-order valence-corrected chi connectivity index (χ0v) is 11.1. The van der Waals surface area contributed by atoms with Crippen molar-refractivity contribution in [3.8, 4) is 0 Å². The van der Waals surface area contributed by atoms with E-state index in [1.165, 1.54) is 25.7 Å². The number of benzene rings is 1. The maximum absolute atomic E-state index is 5.76. The number of nitrogens with one attached hydrogen (secondary N) is 1. The lowest BCUT2D eigenvalue weighted by Crippen LogP contribution is -2.06. The molecule has 3 N–H and O–H groups in total. The number of hydrogen-bond donors (Lipinski definition) is 2. The Labute approximate surface area is 112 Å². The van der Waals surface area contributed by atoms with Crippen LogP contribution in [0.3, 0.4) is 0 Å². The summed E-state index contributed by atoms with van der Waals surface area (Å²) in [6, 6.07) is 5.31. The summed E-state index contributed by atoms with van der Waals surface area (Å²) < 4.78 is 0. The topological polar surface area (TPSA) is 63.8 Å². The number of aromatic nitrogens is 2. The average molecular weight is 265 g/mol. The van der Waals surface area contributed by atoms with E-state index in [9.17, 15) is 0 Å². The lowest BCUT2D eigenvalue weighted by atomic mass is 10.2. The van der Waals surface area contributed by atoms with Gasteiger partial charge in [-0.15, -0.1) is 0 Å². The number of nitrogens with two attached hydrogens (primary N) is 1. The van der Waals surface area contributed by atoms with Crippen molar-refractivity contribution in [3.63, 3.8) is 0 Å². The third kappa shape index (κ3) is 3.55. The summed E-state index contributed by atoms with van der Waals surface area (Å²) in [5.74, 6) is 1.36. The van der Waals surface area contributed by atoms with Crippen molar-refractivity contribution in [3.05, 3.63) is 29.4 Å². The van der Waals surface area contributed by atoms with Crippen molar-refractivity contribution in [2.45, 2.75) is 13.3 Å². The summed E-state index contributed by atoms with van der Waals surface area (Å²) in [4.78, 5) is 8.14. The first kappa shape index (κ1) is 13.1. The summed E-state index contributed by atoms with van der Waals surface area (Å²) in [5.41, 5.74) is 6.98. The zero-order chi connectivity index (χ0) is 13.0. The lowest BCUT2D eigenvalue weighted by molar-refractivity contribution is 0.651. The van der Waals surface area contributed by atoms with E-state index in [-0.39, 0.29) is 0 Å². The van der Waals surface area contributed by atoms with E-state index in [1.807, 2.05) is 0 Å². The van der Waals surface area contributed by atoms with E-state index < -0.39 is 0 Å². The highest BCUT2D eigenvalue weighted by molar-refractivity contribution is 6.31. The van der Waals surface area contributed by atoms with Gasteiger partial charge in [-0.05, 0) is 43.6 Å². The molecule has 0 aliphatic carbocycles. The molecule has 0 bridgehead atoms. The highest BCUT2D eigenvalue weighted by atomic mass is 35.5. The van der Waals surface area contributed by atoms with Crippen LogP contribution >= 0.6 is 11.6 Å². The van der Waals surface area contributed by atoms with Gasteiger partial charge in [0.05, 0.1) is 17.2 Å². The smallest absolute Gasteiger partial charge is 0.142 e. The second-order valence-electron chi connectivity index (χ2n) is 4.53. The molecular weight excluding hydrogens is 248 g/mol. The van der Waals surface area contributed by atoms with E-state index >= 15 is 0 Å². The number of anilines is 1. The summed E-state index contributed by atoms with van der Waals surface area (Å²) in [6.07, 6.45) is 2.89. The second-order valence-corrected chi connectivity index (χ2v) is 4.96. The van der Waals surface area contributed by atoms with E-state index in [2.05, 4.69) is 22.2 Å². The van der Waals surface area contributed by atoms with Gasteiger partial charge in [0.15, 0.2) is 0 Å². The van der Waals surface area contributed by atoms with Gasteiger partial charge in [-0.3, -0.25) is 4.98 Å². The van der Waals surface area contributed by atoms with Gasteiger partial charge < -0.3 is 11.1 Å². The predicted molar refractivity (Wildman–Crippen MR) is 75.6 cm³/mol. The Kier molecular flexibility index (Phi) is 4.33. The molecule has 1 unspecified atom stereocenters. The van der Waals surface area contributed by atoms with Gasteiger partial charge in [0.1, 0.15) is 5.82 Å². The third-order valence-electron chi connectivity index (χ3n) is 2.83. The number of rotatable bonds is 0. The average Bonchev–Trinajstić information content (AvgIpc) is 2.81. The van der Waals surface area contributed by atoms with E-state index in [1.54, 1.807) is 18.2 Å². The predicted octanol–water partition coefficient (Wildman–Crippen LogP) is 2.48. The van der Waals surface area contributed by atoms with Crippen molar-refractivity contribution in [1.29, 1.82) is 0 Å². The van der Waals surface area contributed by atoms with Gasteiger partial charge in [0.2, 0.25) is 0 Å². The summed E-state index contributed by atoms with van der Waals surface area (Å²) in [5, 5.41) is 3.93. The summed E-state index contributed by atoms with van der Waals surface area (Å²) >= 11 is 5.76. The Bertz CT molecular complexity index is 482. The number of nitrogens with zero attached hydrogens (tertiary/aromatic N) is 2. The molecule has 18 heavy (non-hydrogen) atoms. The standard InChI is InChI=1S/C8H6ClN3.C5H11N/c9-5-1-2-6-7(3-5)11-4-8(10)12-6;1-5-2-3-6-4-5/h1-4H,(H2,10,12);5-6H,2-4H2,1H3. The van der Waals surface area contributed by atoms with Crippen LogP contribution in [0.1, 0.15) is 13.3 Å². The first-order valence-electron chi connectivity index (χ1n) is 6.03. The fraction of sp³-hybridized carbons (Fsp3) is 0.385. The van der Waals surface area contributed by atoms with Gasteiger partial charge in [0.25, 0.3) is 0 Å². The summed E-state index contributed by atoms with van der Waals surface area (Å²) in [6.45, 7) is 4.75. The molecular formula is C13H17ClN4. The first-order chi connectivity index (χ1) is 8.65. The number of halogens is 1. The molecule has 1 aliphatic rings. The van der Waals surface area contributed by atoms with Gasteiger partial charge in [0, 0.05) is 5.02 Å². The molecule has 0 radical (unpaired) electrons. The van der Waals surface area contributed by atoms with E-state index in [4.69, 9.17) is 17.3 Å². The SMILES string of the molecule is CC1CCNC1.Nc1cnc2cc(Cl)ccc2n1. The molecule has 1 aromatic heterocycles. The minimum Gasteiger partial charge on any atom is -0.382 e. The Morgan fingerprint density at radius 2 is 2.22 bits per heavy atom. The van der Waals surface area contributed by atoms with Crippen LogP contribution in [0.15, 0.2) is 24.4 Å². The highest BCUT2D eigenvalue weighted by Gasteiger charge is 2.06. The molecule has 0 saturated carbocycles. The molecule has 1 aromatic carbocycles. The molecule has 1 atom stereocenters. The maximum atomic E-state index is 5.76. The van der Waals surface area contributed by atoms with Crippen molar-refractivity contribution in [2.75, 3.05) is 18.8 Å². The van der Waals surface area contributed by atoms with Crippen LogP contribution < -0.4 is 11.1 Å². The Morgan fingerprint density at radius 3 is 2.83 bits per heavy atom. The van der Waals surface area contributed by atoms with Gasteiger partial charge in [-0.25, -0.2) is 4.98 Å². The molecule has 1 aliphatic heterocycles. The molecule has 2 heterocycles. The first-order valence-corrected chi connectivity index (χ1v) is 6.41. The Hall–Kier alpha value is -1.39. The van der Waals surface area contributed by atoms with E-state index in [0.717, 1.165) is 17.0 Å². The van der Waals surface area contributed by atoms with Crippen LogP contribution in [0.2, 0.25) is 5.02 Å². The molecule has 96 valence electrons. The second kappa shape index (κ2) is 5.98. The van der Waals surface area contributed by atoms with Crippen LogP contribution in [0.4, 0.5) is 5.82 Å². The molecule has 0 spiro atoms. The largest absolute Gasteiger partial charge is 0.382 e. The third-order valence-corrected chi connectivity index (χ3v) is 3.06. The highest BCUT2D eigenvalue weighted by Crippen LogP contribution is 2.15. The molecule has 2 aromatic rings. The van der Waals surface area contributed by atoms with Crippen molar-refractivity contribution >= 4 is 28.5 Å². The zero-order valence-electron chi connectivity index (χ0n) is 10.4. The van der Waals surface area contributed by atoms with Crippen LogP contribution in [0.5, 0.6) is 0 Å². The maximum Gasteiger partial charge on any atom is 0.142 e. The molecule has 1 saturated heterocycles. The van der Waals surface area contributed by atoms with E-state index in [0.29, 0.717) is 10.8 Å². The number of hydrogen-bond acceptors (Lipinski definition) is 4.